The second-order valence-corrected chi connectivity index (χ2v) is 6.85. The summed E-state index contributed by atoms with van der Waals surface area (Å²) in [5, 5.41) is 6.62. The molecule has 0 radical (unpaired) electrons. The third-order valence-corrected chi connectivity index (χ3v) is 4.80. The summed E-state index contributed by atoms with van der Waals surface area (Å²) in [6, 6.07) is 11.6. The lowest BCUT2D eigenvalue weighted by Crippen LogP contribution is -2.35. The standard InChI is InChI=1S/C17H13Cl3N2O2/c18-10-5-6-14(12(20)9-10)22-16(24)17(7-8-17)15(23)21-13-4-2-1-3-11(13)19/h1-6,9H,7-8H2,(H,21,23)(H,22,24). The zero-order valence-corrected chi connectivity index (χ0v) is 14.7. The molecule has 0 unspecified atom stereocenters. The third kappa shape index (κ3) is 3.36. The highest BCUT2D eigenvalue weighted by Gasteiger charge is 2.56. The summed E-state index contributed by atoms with van der Waals surface area (Å²) < 4.78 is 0. The van der Waals surface area contributed by atoms with E-state index in [0.29, 0.717) is 39.3 Å². The number of rotatable bonds is 4. The zero-order chi connectivity index (χ0) is 17.3. The highest BCUT2D eigenvalue weighted by Crippen LogP contribution is 2.48. The molecule has 0 aromatic heterocycles. The molecule has 0 heterocycles. The first-order valence-corrected chi connectivity index (χ1v) is 8.38. The summed E-state index contributed by atoms with van der Waals surface area (Å²) in [4.78, 5) is 25.1. The van der Waals surface area contributed by atoms with Crippen molar-refractivity contribution in [1.82, 2.24) is 0 Å². The third-order valence-electron chi connectivity index (χ3n) is 3.92. The van der Waals surface area contributed by atoms with Gasteiger partial charge in [-0.05, 0) is 43.2 Å². The van der Waals surface area contributed by atoms with Crippen LogP contribution in [0.2, 0.25) is 15.1 Å². The lowest BCUT2D eigenvalue weighted by atomic mass is 10.0. The van der Waals surface area contributed by atoms with Gasteiger partial charge in [0, 0.05) is 5.02 Å². The second kappa shape index (κ2) is 6.63. The normalized spacial score (nSPS) is 14.8. The molecule has 2 amide bonds. The number of carbonyl (C=O) groups is 2. The summed E-state index contributed by atoms with van der Waals surface area (Å²) in [7, 11) is 0. The van der Waals surface area contributed by atoms with Crippen molar-refractivity contribution < 1.29 is 9.59 Å². The van der Waals surface area contributed by atoms with Crippen LogP contribution < -0.4 is 10.6 Å². The molecule has 3 rings (SSSR count). The van der Waals surface area contributed by atoms with Crippen molar-refractivity contribution >= 4 is 58.0 Å². The van der Waals surface area contributed by atoms with Gasteiger partial charge in [0.1, 0.15) is 5.41 Å². The van der Waals surface area contributed by atoms with E-state index in [1.165, 1.54) is 6.07 Å². The minimum absolute atomic E-state index is 0.318. The zero-order valence-electron chi connectivity index (χ0n) is 12.4. The summed E-state index contributed by atoms with van der Waals surface area (Å²) >= 11 is 17.9. The maximum Gasteiger partial charge on any atom is 0.240 e. The van der Waals surface area contributed by atoms with Gasteiger partial charge in [0.05, 0.1) is 21.4 Å². The van der Waals surface area contributed by atoms with E-state index < -0.39 is 11.3 Å². The van der Waals surface area contributed by atoms with Crippen LogP contribution in [0.15, 0.2) is 42.5 Å². The van der Waals surface area contributed by atoms with E-state index in [4.69, 9.17) is 34.8 Å². The van der Waals surface area contributed by atoms with E-state index in [2.05, 4.69) is 10.6 Å². The van der Waals surface area contributed by atoms with Crippen molar-refractivity contribution in [3.8, 4) is 0 Å². The second-order valence-electron chi connectivity index (χ2n) is 5.59. The molecular weight excluding hydrogens is 371 g/mol. The summed E-state index contributed by atoms with van der Waals surface area (Å²) in [5.41, 5.74) is -0.196. The average molecular weight is 384 g/mol. The minimum Gasteiger partial charge on any atom is -0.324 e. The van der Waals surface area contributed by atoms with Gasteiger partial charge < -0.3 is 10.6 Å². The number of para-hydroxylation sites is 1. The number of carbonyl (C=O) groups excluding carboxylic acids is 2. The van der Waals surface area contributed by atoms with Gasteiger partial charge in [0.2, 0.25) is 11.8 Å². The van der Waals surface area contributed by atoms with Gasteiger partial charge in [0.15, 0.2) is 0 Å². The van der Waals surface area contributed by atoms with Gasteiger partial charge in [-0.3, -0.25) is 9.59 Å². The number of amides is 2. The van der Waals surface area contributed by atoms with Crippen LogP contribution in [0.4, 0.5) is 11.4 Å². The van der Waals surface area contributed by atoms with E-state index in [1.54, 1.807) is 36.4 Å². The molecule has 2 N–H and O–H groups in total. The molecular formula is C17H13Cl3N2O2. The fraction of sp³-hybridized carbons (Fsp3) is 0.176. The predicted molar refractivity (Wildman–Crippen MR) is 96.8 cm³/mol. The van der Waals surface area contributed by atoms with Crippen molar-refractivity contribution in [2.24, 2.45) is 5.41 Å². The van der Waals surface area contributed by atoms with Gasteiger partial charge in [-0.1, -0.05) is 46.9 Å². The van der Waals surface area contributed by atoms with Crippen LogP contribution in [0.25, 0.3) is 0 Å². The van der Waals surface area contributed by atoms with Crippen LogP contribution in [-0.4, -0.2) is 11.8 Å². The van der Waals surface area contributed by atoms with E-state index in [9.17, 15) is 9.59 Å². The maximum atomic E-state index is 12.6. The number of hydrogen-bond acceptors (Lipinski definition) is 2. The molecule has 0 atom stereocenters. The van der Waals surface area contributed by atoms with E-state index >= 15 is 0 Å². The molecule has 1 fully saturated rings. The molecule has 1 aliphatic carbocycles. The van der Waals surface area contributed by atoms with Crippen molar-refractivity contribution in [1.29, 1.82) is 0 Å². The van der Waals surface area contributed by atoms with Crippen molar-refractivity contribution in [2.45, 2.75) is 12.8 Å². The number of anilines is 2. The average Bonchev–Trinajstić information content (AvgIpc) is 3.34. The predicted octanol–water partition coefficient (Wildman–Crippen LogP) is 5.00. The first kappa shape index (κ1) is 17.1. The Balaban J connectivity index is 1.74. The van der Waals surface area contributed by atoms with E-state index in [-0.39, 0.29) is 5.91 Å². The number of halogens is 3. The van der Waals surface area contributed by atoms with Gasteiger partial charge in [0.25, 0.3) is 0 Å². The Morgan fingerprint density at radius 2 is 1.42 bits per heavy atom. The van der Waals surface area contributed by atoms with Crippen LogP contribution in [0.1, 0.15) is 12.8 Å². The van der Waals surface area contributed by atoms with Crippen LogP contribution in [-0.2, 0) is 9.59 Å². The molecule has 24 heavy (non-hydrogen) atoms. The highest BCUT2D eigenvalue weighted by atomic mass is 35.5. The monoisotopic (exact) mass is 382 g/mol. The van der Waals surface area contributed by atoms with Gasteiger partial charge in [-0.25, -0.2) is 0 Å². The van der Waals surface area contributed by atoms with Crippen LogP contribution in [0.5, 0.6) is 0 Å². The Labute approximate surface area is 154 Å². The van der Waals surface area contributed by atoms with E-state index in [0.717, 1.165) is 0 Å². The van der Waals surface area contributed by atoms with Crippen LogP contribution >= 0.6 is 34.8 Å². The number of hydrogen-bond donors (Lipinski definition) is 2. The fourth-order valence-electron chi connectivity index (χ4n) is 2.32. The summed E-state index contributed by atoms with van der Waals surface area (Å²) in [5.74, 6) is -0.769. The quantitative estimate of drug-likeness (QED) is 0.730. The summed E-state index contributed by atoms with van der Waals surface area (Å²) in [6.45, 7) is 0. The first-order valence-electron chi connectivity index (χ1n) is 7.25. The molecule has 4 nitrogen and oxygen atoms in total. The van der Waals surface area contributed by atoms with Crippen LogP contribution in [0, 0.1) is 5.41 Å². The van der Waals surface area contributed by atoms with Gasteiger partial charge in [-0.2, -0.15) is 0 Å². The Morgan fingerprint density at radius 3 is 1.96 bits per heavy atom. The van der Waals surface area contributed by atoms with Crippen molar-refractivity contribution in [3.63, 3.8) is 0 Å². The Bertz CT molecular complexity index is 819. The molecule has 7 heteroatoms. The molecule has 0 saturated heterocycles. The van der Waals surface area contributed by atoms with Crippen molar-refractivity contribution in [2.75, 3.05) is 10.6 Å². The Kier molecular flexibility index (Phi) is 4.72. The molecule has 1 aliphatic rings. The molecule has 0 bridgehead atoms. The lowest BCUT2D eigenvalue weighted by Gasteiger charge is -2.16. The van der Waals surface area contributed by atoms with Gasteiger partial charge in [-0.15, -0.1) is 0 Å². The number of nitrogens with one attached hydrogen (secondary N) is 2. The largest absolute Gasteiger partial charge is 0.324 e. The van der Waals surface area contributed by atoms with E-state index in [1.807, 2.05) is 0 Å². The molecule has 2 aromatic rings. The smallest absolute Gasteiger partial charge is 0.240 e. The van der Waals surface area contributed by atoms with Crippen LogP contribution in [0.3, 0.4) is 0 Å². The molecule has 2 aromatic carbocycles. The number of benzene rings is 2. The molecule has 0 spiro atoms. The molecule has 0 aliphatic heterocycles. The maximum absolute atomic E-state index is 12.6. The van der Waals surface area contributed by atoms with Gasteiger partial charge >= 0.3 is 0 Å². The minimum atomic E-state index is -1.10. The first-order chi connectivity index (χ1) is 11.4. The Hall–Kier alpha value is -1.75. The lowest BCUT2D eigenvalue weighted by molar-refractivity contribution is -0.131. The fourth-order valence-corrected chi connectivity index (χ4v) is 2.96. The molecule has 1 saturated carbocycles. The molecule has 124 valence electrons. The SMILES string of the molecule is O=C(Nc1ccccc1Cl)C1(C(=O)Nc2ccc(Cl)cc2Cl)CC1. The van der Waals surface area contributed by atoms with Crippen molar-refractivity contribution in [3.05, 3.63) is 57.5 Å². The Morgan fingerprint density at radius 1 is 0.833 bits per heavy atom. The highest BCUT2D eigenvalue weighted by molar-refractivity contribution is 6.37. The topological polar surface area (TPSA) is 58.2 Å². The summed E-state index contributed by atoms with van der Waals surface area (Å²) in [6.07, 6.45) is 0.945.